The fourth-order valence-electron chi connectivity index (χ4n) is 0.413. The second kappa shape index (κ2) is 6.14. The lowest BCUT2D eigenvalue weighted by atomic mass is 9.91. The van der Waals surface area contributed by atoms with Crippen LogP contribution in [0.25, 0.3) is 0 Å². The van der Waals surface area contributed by atoms with Gasteiger partial charge in [-0.15, -0.1) is 11.6 Å². The Morgan fingerprint density at radius 3 is 2.56 bits per heavy atom. The summed E-state index contributed by atoms with van der Waals surface area (Å²) in [6, 6.07) is 0. The molecule has 0 aliphatic carbocycles. The molecule has 0 bridgehead atoms. The van der Waals surface area contributed by atoms with Crippen LogP contribution in [-0.4, -0.2) is 23.0 Å². The highest BCUT2D eigenvalue weighted by Crippen LogP contribution is 1.92. The van der Waals surface area contributed by atoms with Crippen molar-refractivity contribution < 1.29 is 10.0 Å². The maximum atomic E-state index is 8.29. The second-order valence-electron chi connectivity index (χ2n) is 1.67. The molecule has 0 rings (SSSR count). The molecular weight excluding hydrogens is 138 g/mol. The molecule has 0 aliphatic rings. The zero-order valence-corrected chi connectivity index (χ0v) is 5.88. The zero-order chi connectivity index (χ0) is 7.11. The second-order valence-corrected chi connectivity index (χ2v) is 2.05. The smallest absolute Gasteiger partial charge is 0.424 e. The summed E-state index contributed by atoms with van der Waals surface area (Å²) in [5.74, 6) is 1.94. The molecule has 0 radical (unpaired) electrons. The third kappa shape index (κ3) is 8.01. The summed E-state index contributed by atoms with van der Waals surface area (Å²) in [7, 11) is -1.32. The Bertz CT molecular complexity index is 85.0. The van der Waals surface area contributed by atoms with Gasteiger partial charge in [0.1, 0.15) is 0 Å². The van der Waals surface area contributed by atoms with Gasteiger partial charge in [0.2, 0.25) is 0 Å². The maximum absolute atomic E-state index is 8.29. The SMILES string of the molecule is OB(O)C=CCCCCl. The van der Waals surface area contributed by atoms with Crippen LogP contribution in [0.3, 0.4) is 0 Å². The van der Waals surface area contributed by atoms with Crippen molar-refractivity contribution in [1.82, 2.24) is 0 Å². The summed E-state index contributed by atoms with van der Waals surface area (Å²) >= 11 is 5.36. The van der Waals surface area contributed by atoms with E-state index in [1.807, 2.05) is 0 Å². The maximum Gasteiger partial charge on any atom is 0.480 e. The normalized spacial score (nSPS) is 10.6. The van der Waals surface area contributed by atoms with Crippen molar-refractivity contribution in [3.05, 3.63) is 12.1 Å². The van der Waals surface area contributed by atoms with Crippen LogP contribution in [-0.2, 0) is 0 Å². The van der Waals surface area contributed by atoms with Crippen LogP contribution in [0, 0.1) is 0 Å². The van der Waals surface area contributed by atoms with E-state index in [1.165, 1.54) is 5.98 Å². The minimum absolute atomic E-state index is 0.617. The van der Waals surface area contributed by atoms with E-state index in [-0.39, 0.29) is 0 Å². The number of halogens is 1. The molecule has 0 aliphatic heterocycles. The van der Waals surface area contributed by atoms with E-state index >= 15 is 0 Å². The summed E-state index contributed by atoms with van der Waals surface area (Å²) < 4.78 is 0. The number of allylic oxidation sites excluding steroid dienone is 1. The van der Waals surface area contributed by atoms with Crippen LogP contribution in [0.1, 0.15) is 12.8 Å². The molecule has 52 valence electrons. The minimum Gasteiger partial charge on any atom is -0.424 e. The first-order valence-electron chi connectivity index (χ1n) is 2.86. The molecular formula is C5H10BClO2. The summed E-state index contributed by atoms with van der Waals surface area (Å²) in [5.41, 5.74) is 0. The van der Waals surface area contributed by atoms with E-state index in [9.17, 15) is 0 Å². The first-order valence-corrected chi connectivity index (χ1v) is 3.39. The topological polar surface area (TPSA) is 40.5 Å². The molecule has 9 heavy (non-hydrogen) atoms. The lowest BCUT2D eigenvalue weighted by Gasteiger charge is -1.86. The van der Waals surface area contributed by atoms with Crippen LogP contribution < -0.4 is 0 Å². The Hall–Kier alpha value is 0.0149. The standard InChI is InChI=1S/C5H10BClO2/c7-5-3-1-2-4-6(8)9/h2,4,8-9H,1,3,5H2. The summed E-state index contributed by atoms with van der Waals surface area (Å²) in [5, 5.41) is 16.6. The Balaban J connectivity index is 3.04. The van der Waals surface area contributed by atoms with Gasteiger partial charge in [0.05, 0.1) is 0 Å². The third-order valence-electron chi connectivity index (χ3n) is 0.813. The predicted molar refractivity (Wildman–Crippen MR) is 39.3 cm³/mol. The van der Waals surface area contributed by atoms with Gasteiger partial charge in [0, 0.05) is 5.88 Å². The molecule has 2 N–H and O–H groups in total. The minimum atomic E-state index is -1.32. The summed E-state index contributed by atoms with van der Waals surface area (Å²) in [6.07, 6.45) is 3.39. The monoisotopic (exact) mass is 148 g/mol. The van der Waals surface area contributed by atoms with Gasteiger partial charge in [-0.3, -0.25) is 0 Å². The highest BCUT2D eigenvalue weighted by atomic mass is 35.5. The molecule has 0 aromatic rings. The van der Waals surface area contributed by atoms with Crippen molar-refractivity contribution in [2.45, 2.75) is 12.8 Å². The summed E-state index contributed by atoms with van der Waals surface area (Å²) in [6.45, 7) is 0. The number of alkyl halides is 1. The molecule has 0 amide bonds. The molecule has 4 heteroatoms. The van der Waals surface area contributed by atoms with Gasteiger partial charge in [-0.25, -0.2) is 0 Å². The average molecular weight is 148 g/mol. The van der Waals surface area contributed by atoms with Gasteiger partial charge < -0.3 is 10.0 Å². The number of hydrogen-bond donors (Lipinski definition) is 2. The largest absolute Gasteiger partial charge is 0.480 e. The van der Waals surface area contributed by atoms with Crippen molar-refractivity contribution in [1.29, 1.82) is 0 Å². The van der Waals surface area contributed by atoms with Crippen molar-refractivity contribution in [2.24, 2.45) is 0 Å². The molecule has 0 aromatic carbocycles. The molecule has 2 nitrogen and oxygen atoms in total. The first kappa shape index (κ1) is 9.01. The Morgan fingerprint density at radius 2 is 2.11 bits per heavy atom. The molecule has 0 aromatic heterocycles. The fraction of sp³-hybridized carbons (Fsp3) is 0.600. The predicted octanol–water partition coefficient (Wildman–Crippen LogP) is 0.574. The van der Waals surface area contributed by atoms with Gasteiger partial charge in [0.25, 0.3) is 0 Å². The number of unbranched alkanes of at least 4 members (excludes halogenated alkanes) is 1. The molecule has 0 spiro atoms. The third-order valence-corrected chi connectivity index (χ3v) is 1.08. The van der Waals surface area contributed by atoms with E-state index in [4.69, 9.17) is 21.6 Å². The highest BCUT2D eigenvalue weighted by molar-refractivity contribution is 6.47. The van der Waals surface area contributed by atoms with E-state index in [0.29, 0.717) is 5.88 Å². The van der Waals surface area contributed by atoms with Gasteiger partial charge in [-0.05, 0) is 12.8 Å². The molecule has 0 unspecified atom stereocenters. The van der Waals surface area contributed by atoms with Crippen LogP contribution in [0.4, 0.5) is 0 Å². The fourth-order valence-corrected chi connectivity index (χ4v) is 0.567. The average Bonchev–Trinajstić information content (AvgIpc) is 1.80. The Morgan fingerprint density at radius 1 is 1.44 bits per heavy atom. The van der Waals surface area contributed by atoms with Crippen molar-refractivity contribution in [2.75, 3.05) is 5.88 Å². The highest BCUT2D eigenvalue weighted by Gasteiger charge is 1.95. The molecule has 0 atom stereocenters. The van der Waals surface area contributed by atoms with E-state index in [1.54, 1.807) is 6.08 Å². The van der Waals surface area contributed by atoms with E-state index < -0.39 is 7.12 Å². The van der Waals surface area contributed by atoms with Gasteiger partial charge >= 0.3 is 7.12 Å². The molecule has 0 heterocycles. The van der Waals surface area contributed by atoms with Gasteiger partial charge in [-0.2, -0.15) is 0 Å². The number of hydrogen-bond acceptors (Lipinski definition) is 2. The lowest BCUT2D eigenvalue weighted by Crippen LogP contribution is -2.05. The van der Waals surface area contributed by atoms with Crippen molar-refractivity contribution in [3.63, 3.8) is 0 Å². The van der Waals surface area contributed by atoms with Crippen molar-refractivity contribution in [3.8, 4) is 0 Å². The molecule has 0 saturated heterocycles. The van der Waals surface area contributed by atoms with Crippen LogP contribution in [0.2, 0.25) is 0 Å². The van der Waals surface area contributed by atoms with Gasteiger partial charge in [0.15, 0.2) is 0 Å². The zero-order valence-electron chi connectivity index (χ0n) is 5.13. The quantitative estimate of drug-likeness (QED) is 0.348. The summed E-state index contributed by atoms with van der Waals surface area (Å²) in [4.78, 5) is 0. The Labute approximate surface area is 60.3 Å². The number of rotatable bonds is 4. The van der Waals surface area contributed by atoms with E-state index in [0.717, 1.165) is 12.8 Å². The van der Waals surface area contributed by atoms with Crippen molar-refractivity contribution >= 4 is 18.7 Å². The van der Waals surface area contributed by atoms with Crippen LogP contribution >= 0.6 is 11.6 Å². The van der Waals surface area contributed by atoms with Crippen LogP contribution in [0.15, 0.2) is 12.1 Å². The van der Waals surface area contributed by atoms with Gasteiger partial charge in [-0.1, -0.05) is 12.1 Å². The first-order chi connectivity index (χ1) is 4.27. The molecule has 0 saturated carbocycles. The van der Waals surface area contributed by atoms with Crippen LogP contribution in [0.5, 0.6) is 0 Å². The molecule has 0 fully saturated rings. The van der Waals surface area contributed by atoms with E-state index in [2.05, 4.69) is 0 Å². The lowest BCUT2D eigenvalue weighted by molar-refractivity contribution is 0.424. The Kier molecular flexibility index (Phi) is 6.15.